The lowest BCUT2D eigenvalue weighted by atomic mass is 10.1. The second-order valence-electron chi connectivity index (χ2n) is 4.22. The van der Waals surface area contributed by atoms with Gasteiger partial charge >= 0.3 is 0 Å². The maximum atomic E-state index is 12.2. The van der Waals surface area contributed by atoms with Crippen LogP contribution in [0.25, 0.3) is 0 Å². The van der Waals surface area contributed by atoms with Gasteiger partial charge < -0.3 is 0 Å². The van der Waals surface area contributed by atoms with Gasteiger partial charge in [0.25, 0.3) is 0 Å². The minimum absolute atomic E-state index is 0.306. The van der Waals surface area contributed by atoms with Crippen LogP contribution in [0.15, 0.2) is 29.2 Å². The third kappa shape index (κ3) is 4.37. The fourth-order valence-corrected chi connectivity index (χ4v) is 3.36. The Kier molecular flexibility index (Phi) is 6.32. The van der Waals surface area contributed by atoms with Crippen molar-refractivity contribution in [3.8, 4) is 0 Å². The summed E-state index contributed by atoms with van der Waals surface area (Å²) in [6.45, 7) is 4.49. The summed E-state index contributed by atoms with van der Waals surface area (Å²) in [5.41, 5.74) is 0.866. The molecule has 18 heavy (non-hydrogen) atoms. The van der Waals surface area contributed by atoms with Crippen LogP contribution in [0.1, 0.15) is 32.3 Å². The predicted molar refractivity (Wildman–Crippen MR) is 78.6 cm³/mol. The molecule has 102 valence electrons. The molecule has 0 fully saturated rings. The molecule has 1 rings (SSSR count). The molecule has 1 aromatic carbocycles. The van der Waals surface area contributed by atoms with Gasteiger partial charge in [0.15, 0.2) is 0 Å². The third-order valence-corrected chi connectivity index (χ3v) is 5.22. The Morgan fingerprint density at radius 3 is 2.56 bits per heavy atom. The molecule has 5 heteroatoms. The van der Waals surface area contributed by atoms with Gasteiger partial charge in [-0.05, 0) is 30.9 Å². The summed E-state index contributed by atoms with van der Waals surface area (Å²) in [4.78, 5) is 0.705. The fourth-order valence-electron chi connectivity index (χ4n) is 1.63. The Balaban J connectivity index is 3.01. The zero-order valence-corrected chi connectivity index (χ0v) is 13.2. The number of sulfonamides is 1. The van der Waals surface area contributed by atoms with Crippen LogP contribution >= 0.6 is 15.9 Å². The lowest BCUT2D eigenvalue weighted by Crippen LogP contribution is -2.25. The van der Waals surface area contributed by atoms with E-state index >= 15 is 0 Å². The van der Waals surface area contributed by atoms with Crippen molar-refractivity contribution in [1.82, 2.24) is 4.72 Å². The first-order valence-electron chi connectivity index (χ1n) is 6.22. The Morgan fingerprint density at radius 1 is 1.28 bits per heavy atom. The Morgan fingerprint density at radius 2 is 1.94 bits per heavy atom. The van der Waals surface area contributed by atoms with E-state index in [9.17, 15) is 8.42 Å². The first-order chi connectivity index (χ1) is 8.51. The topological polar surface area (TPSA) is 46.2 Å². The molecule has 0 saturated carbocycles. The lowest BCUT2D eigenvalue weighted by molar-refractivity contribution is 0.579. The molecule has 0 saturated heterocycles. The number of nitrogens with one attached hydrogen (secondary N) is 1. The lowest BCUT2D eigenvalue weighted by Gasteiger charge is -2.13. The molecule has 0 bridgehead atoms. The number of rotatable bonds is 7. The van der Waals surface area contributed by atoms with Crippen LogP contribution < -0.4 is 4.72 Å². The first kappa shape index (κ1) is 15.7. The standard InChI is InChI=1S/C13H20BrNO2S/c1-3-9-15-18(16,17)13-8-6-5-7-11(13)10-12(14)4-2/h5-8,12,15H,3-4,9-10H2,1-2H3. The van der Waals surface area contributed by atoms with Gasteiger partial charge in [0, 0.05) is 11.4 Å². The average molecular weight is 334 g/mol. The third-order valence-electron chi connectivity index (χ3n) is 2.69. The van der Waals surface area contributed by atoms with Gasteiger partial charge in [-0.2, -0.15) is 0 Å². The van der Waals surface area contributed by atoms with Crippen LogP contribution in [0, 0.1) is 0 Å². The van der Waals surface area contributed by atoms with E-state index in [4.69, 9.17) is 0 Å². The normalized spacial score (nSPS) is 13.5. The van der Waals surface area contributed by atoms with E-state index in [0.29, 0.717) is 16.3 Å². The second-order valence-corrected chi connectivity index (χ2v) is 7.25. The molecule has 1 N–H and O–H groups in total. The fraction of sp³-hybridized carbons (Fsp3) is 0.538. The van der Waals surface area contributed by atoms with Crippen LogP contribution in [0.3, 0.4) is 0 Å². The van der Waals surface area contributed by atoms with Gasteiger partial charge in [0.1, 0.15) is 0 Å². The van der Waals surface area contributed by atoms with E-state index in [-0.39, 0.29) is 0 Å². The summed E-state index contributed by atoms with van der Waals surface area (Å²) >= 11 is 3.55. The highest BCUT2D eigenvalue weighted by atomic mass is 79.9. The molecule has 0 aliphatic rings. The number of alkyl halides is 1. The minimum atomic E-state index is -3.38. The van der Waals surface area contributed by atoms with Gasteiger partial charge in [0.05, 0.1) is 4.90 Å². The molecule has 0 spiro atoms. The number of benzene rings is 1. The first-order valence-corrected chi connectivity index (χ1v) is 8.62. The summed E-state index contributed by atoms with van der Waals surface area (Å²) in [6.07, 6.45) is 2.48. The summed E-state index contributed by atoms with van der Waals surface area (Å²) in [5.74, 6) is 0. The Hall–Kier alpha value is -0.390. The highest BCUT2D eigenvalue weighted by Gasteiger charge is 2.18. The predicted octanol–water partition coefficient (Wildman–Crippen LogP) is 3.09. The van der Waals surface area contributed by atoms with Crippen molar-refractivity contribution in [3.63, 3.8) is 0 Å². The molecule has 0 heterocycles. The molecule has 1 aromatic rings. The molecular weight excluding hydrogens is 314 g/mol. The number of hydrogen-bond donors (Lipinski definition) is 1. The van der Waals surface area contributed by atoms with Crippen molar-refractivity contribution in [3.05, 3.63) is 29.8 Å². The summed E-state index contributed by atoms with van der Waals surface area (Å²) in [5, 5.41) is 0. The van der Waals surface area contributed by atoms with Crippen molar-refractivity contribution < 1.29 is 8.42 Å². The van der Waals surface area contributed by atoms with Crippen LogP contribution in [0.5, 0.6) is 0 Å². The summed E-state index contributed by atoms with van der Waals surface area (Å²) < 4.78 is 26.9. The van der Waals surface area contributed by atoms with Crippen molar-refractivity contribution in [2.24, 2.45) is 0 Å². The van der Waals surface area contributed by atoms with Gasteiger partial charge in [0.2, 0.25) is 10.0 Å². The monoisotopic (exact) mass is 333 g/mol. The van der Waals surface area contributed by atoms with Crippen LogP contribution in [0.2, 0.25) is 0 Å². The van der Waals surface area contributed by atoms with E-state index in [1.54, 1.807) is 12.1 Å². The number of halogens is 1. The SMILES string of the molecule is CCCNS(=O)(=O)c1ccccc1CC(Br)CC. The van der Waals surface area contributed by atoms with Gasteiger partial charge in [-0.15, -0.1) is 0 Å². The highest BCUT2D eigenvalue weighted by Crippen LogP contribution is 2.20. The Labute approximate surface area is 118 Å². The molecule has 1 unspecified atom stereocenters. The largest absolute Gasteiger partial charge is 0.240 e. The molecule has 0 aliphatic heterocycles. The van der Waals surface area contributed by atoms with E-state index < -0.39 is 10.0 Å². The molecular formula is C13H20BrNO2S. The van der Waals surface area contributed by atoms with Gasteiger partial charge in [-0.1, -0.05) is 48.0 Å². The van der Waals surface area contributed by atoms with Gasteiger partial charge in [-0.3, -0.25) is 0 Å². The maximum absolute atomic E-state index is 12.2. The van der Waals surface area contributed by atoms with E-state index in [1.807, 2.05) is 19.1 Å². The van der Waals surface area contributed by atoms with Gasteiger partial charge in [-0.25, -0.2) is 13.1 Å². The highest BCUT2D eigenvalue weighted by molar-refractivity contribution is 9.09. The van der Waals surface area contributed by atoms with Crippen LogP contribution in [0.4, 0.5) is 0 Å². The van der Waals surface area contributed by atoms with Crippen molar-refractivity contribution in [2.75, 3.05) is 6.54 Å². The van der Waals surface area contributed by atoms with Crippen LogP contribution in [-0.2, 0) is 16.4 Å². The molecule has 0 aromatic heterocycles. The molecule has 1 atom stereocenters. The smallest absolute Gasteiger partial charge is 0.211 e. The minimum Gasteiger partial charge on any atom is -0.211 e. The van der Waals surface area contributed by atoms with Crippen molar-refractivity contribution in [2.45, 2.75) is 42.8 Å². The van der Waals surface area contributed by atoms with E-state index in [0.717, 1.165) is 24.8 Å². The zero-order valence-electron chi connectivity index (χ0n) is 10.8. The molecule has 0 radical (unpaired) electrons. The van der Waals surface area contributed by atoms with E-state index in [2.05, 4.69) is 27.6 Å². The van der Waals surface area contributed by atoms with Crippen molar-refractivity contribution in [1.29, 1.82) is 0 Å². The maximum Gasteiger partial charge on any atom is 0.240 e. The summed E-state index contributed by atoms with van der Waals surface area (Å²) in [7, 11) is -3.38. The van der Waals surface area contributed by atoms with Crippen molar-refractivity contribution >= 4 is 26.0 Å². The average Bonchev–Trinajstić information content (AvgIpc) is 2.36. The molecule has 3 nitrogen and oxygen atoms in total. The molecule has 0 amide bonds. The zero-order chi connectivity index (χ0) is 13.6. The number of hydrogen-bond acceptors (Lipinski definition) is 2. The quantitative estimate of drug-likeness (QED) is 0.779. The second kappa shape index (κ2) is 7.26. The molecule has 0 aliphatic carbocycles. The summed E-state index contributed by atoms with van der Waals surface area (Å²) in [6, 6.07) is 7.19. The van der Waals surface area contributed by atoms with E-state index in [1.165, 1.54) is 0 Å². The van der Waals surface area contributed by atoms with Crippen LogP contribution in [-0.4, -0.2) is 19.8 Å². The Bertz CT molecular complexity index is 474.